The molecule has 52 heavy (non-hydrogen) atoms. The maximum Gasteiger partial charge on any atom is 0.136 e. The van der Waals surface area contributed by atoms with Gasteiger partial charge in [0.1, 0.15) is 11.2 Å². The zero-order valence-corrected chi connectivity index (χ0v) is 28.4. The second-order valence-corrected chi connectivity index (χ2v) is 13.3. The van der Waals surface area contributed by atoms with E-state index in [4.69, 9.17) is 4.42 Å². The van der Waals surface area contributed by atoms with E-state index in [9.17, 15) is 0 Å². The topological polar surface area (TPSA) is 16.4 Å². The van der Waals surface area contributed by atoms with Gasteiger partial charge in [-0.25, -0.2) is 0 Å². The average Bonchev–Trinajstić information content (AvgIpc) is 3.58. The molecule has 0 aliphatic rings. The lowest BCUT2D eigenvalue weighted by Crippen LogP contribution is -2.11. The van der Waals surface area contributed by atoms with Crippen molar-refractivity contribution in [3.05, 3.63) is 200 Å². The number of benzene rings is 9. The molecule has 0 saturated carbocycles. The number of anilines is 3. The molecule has 10 rings (SSSR count). The van der Waals surface area contributed by atoms with E-state index in [-0.39, 0.29) is 0 Å². The SMILES string of the molecule is c1ccc(-c2ccc(N(c3ccc(-c4ccc5cc6c(cc5c4)oc4ccccc46)cc3)c3ccccc3-c3cccc4ccccc34)cc2)cc1. The molecule has 244 valence electrons. The van der Waals surface area contributed by atoms with Gasteiger partial charge >= 0.3 is 0 Å². The van der Waals surface area contributed by atoms with Crippen molar-refractivity contribution >= 4 is 60.5 Å². The molecule has 0 spiro atoms. The lowest BCUT2D eigenvalue weighted by molar-refractivity contribution is 0.669. The van der Waals surface area contributed by atoms with Crippen LogP contribution in [-0.2, 0) is 0 Å². The smallest absolute Gasteiger partial charge is 0.136 e. The van der Waals surface area contributed by atoms with E-state index >= 15 is 0 Å². The molecule has 0 atom stereocenters. The number of hydrogen-bond donors (Lipinski definition) is 0. The zero-order chi connectivity index (χ0) is 34.4. The van der Waals surface area contributed by atoms with Crippen LogP contribution in [-0.4, -0.2) is 0 Å². The molecule has 1 heterocycles. The summed E-state index contributed by atoms with van der Waals surface area (Å²) in [6.45, 7) is 0. The fourth-order valence-corrected chi connectivity index (χ4v) is 7.67. The van der Waals surface area contributed by atoms with Crippen LogP contribution in [0.1, 0.15) is 0 Å². The van der Waals surface area contributed by atoms with Crippen LogP contribution in [0.15, 0.2) is 205 Å². The summed E-state index contributed by atoms with van der Waals surface area (Å²) >= 11 is 0. The Bertz CT molecular complexity index is 2880. The van der Waals surface area contributed by atoms with E-state index < -0.39 is 0 Å². The summed E-state index contributed by atoms with van der Waals surface area (Å²) in [6, 6.07) is 71.8. The van der Waals surface area contributed by atoms with Gasteiger partial charge in [-0.05, 0) is 104 Å². The van der Waals surface area contributed by atoms with Crippen LogP contribution in [0.2, 0.25) is 0 Å². The van der Waals surface area contributed by atoms with Crippen molar-refractivity contribution in [3.8, 4) is 33.4 Å². The number of fused-ring (bicyclic) bond motifs is 5. The highest BCUT2D eigenvalue weighted by Crippen LogP contribution is 2.43. The van der Waals surface area contributed by atoms with Gasteiger partial charge in [-0.15, -0.1) is 0 Å². The molecule has 0 saturated heterocycles. The minimum Gasteiger partial charge on any atom is -0.456 e. The van der Waals surface area contributed by atoms with E-state index in [2.05, 4.69) is 193 Å². The van der Waals surface area contributed by atoms with Crippen molar-refractivity contribution in [2.24, 2.45) is 0 Å². The molecule has 1 aromatic heterocycles. The second-order valence-electron chi connectivity index (χ2n) is 13.3. The lowest BCUT2D eigenvalue weighted by atomic mass is 9.95. The predicted molar refractivity (Wildman–Crippen MR) is 220 cm³/mol. The number of nitrogens with zero attached hydrogens (tertiary/aromatic N) is 1. The standard InChI is InChI=1S/C50H33NO/c1-2-11-34(12-3-1)35-23-27-41(28-24-35)51(48-19-8-6-16-45(48)44-18-10-14-37-13-4-5-15-43(37)44)42-29-25-36(26-30-42)38-21-22-39-32-47-46-17-7-9-20-49(46)52-50(47)33-40(39)31-38/h1-33H. The van der Waals surface area contributed by atoms with Gasteiger partial charge < -0.3 is 9.32 Å². The number of para-hydroxylation sites is 2. The maximum atomic E-state index is 6.22. The fraction of sp³-hybridized carbons (Fsp3) is 0. The van der Waals surface area contributed by atoms with Crippen LogP contribution in [0.4, 0.5) is 17.1 Å². The van der Waals surface area contributed by atoms with Crippen molar-refractivity contribution in [2.75, 3.05) is 4.90 Å². The highest BCUT2D eigenvalue weighted by molar-refractivity contribution is 6.10. The summed E-state index contributed by atoms with van der Waals surface area (Å²) < 4.78 is 6.22. The first-order valence-corrected chi connectivity index (χ1v) is 17.8. The minimum atomic E-state index is 0.917. The summed E-state index contributed by atoms with van der Waals surface area (Å²) in [4.78, 5) is 2.38. The summed E-state index contributed by atoms with van der Waals surface area (Å²) in [5.41, 5.74) is 12.3. The van der Waals surface area contributed by atoms with Crippen molar-refractivity contribution in [2.45, 2.75) is 0 Å². The van der Waals surface area contributed by atoms with Crippen LogP contribution in [0.3, 0.4) is 0 Å². The maximum absolute atomic E-state index is 6.22. The van der Waals surface area contributed by atoms with Crippen LogP contribution in [0, 0.1) is 0 Å². The Balaban J connectivity index is 1.08. The third kappa shape index (κ3) is 5.21. The number of furan rings is 1. The van der Waals surface area contributed by atoms with Crippen molar-refractivity contribution in [1.29, 1.82) is 0 Å². The Hall–Kier alpha value is -6.90. The Labute approximate surface area is 302 Å². The predicted octanol–water partition coefficient (Wildman–Crippen LogP) is 14.4. The van der Waals surface area contributed by atoms with Gasteiger partial charge in [0.15, 0.2) is 0 Å². The van der Waals surface area contributed by atoms with E-state index in [0.717, 1.165) is 50.0 Å². The molecule has 9 aromatic carbocycles. The minimum absolute atomic E-state index is 0.917. The quantitative estimate of drug-likeness (QED) is 0.176. The van der Waals surface area contributed by atoms with E-state index in [1.165, 1.54) is 44.0 Å². The molecule has 0 N–H and O–H groups in total. The van der Waals surface area contributed by atoms with E-state index in [1.54, 1.807) is 0 Å². The first kappa shape index (κ1) is 30.0. The molecule has 0 radical (unpaired) electrons. The molecule has 0 bridgehead atoms. The molecule has 2 heteroatoms. The van der Waals surface area contributed by atoms with Crippen molar-refractivity contribution in [3.63, 3.8) is 0 Å². The van der Waals surface area contributed by atoms with Crippen LogP contribution < -0.4 is 4.90 Å². The van der Waals surface area contributed by atoms with Gasteiger partial charge in [0.2, 0.25) is 0 Å². The Kier molecular flexibility index (Phi) is 7.18. The Morgan fingerprint density at radius 2 is 0.904 bits per heavy atom. The van der Waals surface area contributed by atoms with Gasteiger partial charge in [-0.3, -0.25) is 0 Å². The number of rotatable bonds is 6. The van der Waals surface area contributed by atoms with Crippen LogP contribution in [0.5, 0.6) is 0 Å². The normalized spacial score (nSPS) is 11.5. The highest BCUT2D eigenvalue weighted by atomic mass is 16.3. The molecule has 0 unspecified atom stereocenters. The molecular formula is C50H33NO. The zero-order valence-electron chi connectivity index (χ0n) is 28.4. The summed E-state index contributed by atoms with van der Waals surface area (Å²) in [7, 11) is 0. The fourth-order valence-electron chi connectivity index (χ4n) is 7.67. The first-order valence-electron chi connectivity index (χ1n) is 17.8. The Morgan fingerprint density at radius 1 is 0.308 bits per heavy atom. The summed E-state index contributed by atoms with van der Waals surface area (Å²) in [6.07, 6.45) is 0. The molecule has 10 aromatic rings. The van der Waals surface area contributed by atoms with Crippen LogP contribution >= 0.6 is 0 Å². The third-order valence-corrected chi connectivity index (χ3v) is 10.3. The monoisotopic (exact) mass is 663 g/mol. The lowest BCUT2D eigenvalue weighted by Gasteiger charge is -2.28. The largest absolute Gasteiger partial charge is 0.456 e. The van der Waals surface area contributed by atoms with Crippen LogP contribution in [0.25, 0.3) is 76.9 Å². The third-order valence-electron chi connectivity index (χ3n) is 10.3. The van der Waals surface area contributed by atoms with Gasteiger partial charge in [-0.2, -0.15) is 0 Å². The second kappa shape index (κ2) is 12.5. The van der Waals surface area contributed by atoms with E-state index in [1.807, 2.05) is 12.1 Å². The van der Waals surface area contributed by atoms with Gasteiger partial charge in [-0.1, -0.05) is 146 Å². The summed E-state index contributed by atoms with van der Waals surface area (Å²) in [5.74, 6) is 0. The van der Waals surface area contributed by atoms with Crippen molar-refractivity contribution in [1.82, 2.24) is 0 Å². The first-order chi connectivity index (χ1) is 25.8. The molecule has 0 aliphatic heterocycles. The van der Waals surface area contributed by atoms with Gasteiger partial charge in [0.05, 0.1) is 5.69 Å². The van der Waals surface area contributed by atoms with Gasteiger partial charge in [0.25, 0.3) is 0 Å². The summed E-state index contributed by atoms with van der Waals surface area (Å²) in [5, 5.41) is 7.14. The van der Waals surface area contributed by atoms with Gasteiger partial charge in [0, 0.05) is 27.7 Å². The van der Waals surface area contributed by atoms with Crippen molar-refractivity contribution < 1.29 is 4.42 Å². The Morgan fingerprint density at radius 3 is 1.71 bits per heavy atom. The molecule has 0 fully saturated rings. The number of hydrogen-bond acceptors (Lipinski definition) is 2. The average molecular weight is 664 g/mol. The molecule has 0 amide bonds. The molecule has 0 aliphatic carbocycles. The highest BCUT2D eigenvalue weighted by Gasteiger charge is 2.19. The molecular weight excluding hydrogens is 631 g/mol. The molecule has 2 nitrogen and oxygen atoms in total. The van der Waals surface area contributed by atoms with E-state index in [0.29, 0.717) is 0 Å².